The molecule has 0 aliphatic carbocycles. The van der Waals surface area contributed by atoms with Crippen molar-refractivity contribution in [2.75, 3.05) is 0 Å². The SMILES string of the molecule is Cc1oc(Cc2ccccc2)nc1CO. The largest absolute Gasteiger partial charge is 0.445 e. The van der Waals surface area contributed by atoms with Crippen LogP contribution < -0.4 is 0 Å². The lowest BCUT2D eigenvalue weighted by Gasteiger charge is -1.95. The Morgan fingerprint density at radius 2 is 2.00 bits per heavy atom. The van der Waals surface area contributed by atoms with E-state index in [2.05, 4.69) is 4.98 Å². The number of hydrogen-bond acceptors (Lipinski definition) is 3. The molecule has 0 fully saturated rings. The summed E-state index contributed by atoms with van der Waals surface area (Å²) in [6.45, 7) is 1.75. The number of hydrogen-bond donors (Lipinski definition) is 1. The molecular formula is C12H13NO2. The predicted octanol–water partition coefficient (Wildman–Crippen LogP) is 2.07. The highest BCUT2D eigenvalue weighted by Crippen LogP contribution is 2.13. The van der Waals surface area contributed by atoms with Gasteiger partial charge < -0.3 is 9.52 Å². The summed E-state index contributed by atoms with van der Waals surface area (Å²) in [5.41, 5.74) is 1.78. The Kier molecular flexibility index (Phi) is 2.83. The molecule has 0 atom stereocenters. The van der Waals surface area contributed by atoms with E-state index in [1.807, 2.05) is 37.3 Å². The minimum Gasteiger partial charge on any atom is -0.445 e. The molecule has 0 spiro atoms. The van der Waals surface area contributed by atoms with E-state index in [0.29, 0.717) is 23.8 Å². The molecule has 0 radical (unpaired) electrons. The van der Waals surface area contributed by atoms with Gasteiger partial charge in [-0.2, -0.15) is 0 Å². The van der Waals surface area contributed by atoms with Crippen LogP contribution in [0.25, 0.3) is 0 Å². The molecule has 0 aliphatic rings. The van der Waals surface area contributed by atoms with Gasteiger partial charge in [-0.15, -0.1) is 0 Å². The van der Waals surface area contributed by atoms with Gasteiger partial charge in [0.2, 0.25) is 0 Å². The molecule has 78 valence electrons. The van der Waals surface area contributed by atoms with Crippen LogP contribution in [0.3, 0.4) is 0 Å². The van der Waals surface area contributed by atoms with Gasteiger partial charge in [-0.25, -0.2) is 4.98 Å². The summed E-state index contributed by atoms with van der Waals surface area (Å²) < 4.78 is 5.44. The number of aliphatic hydroxyl groups is 1. The van der Waals surface area contributed by atoms with Gasteiger partial charge in [0.1, 0.15) is 11.5 Å². The Balaban J connectivity index is 2.18. The molecule has 0 amide bonds. The highest BCUT2D eigenvalue weighted by Gasteiger charge is 2.08. The second-order valence-electron chi connectivity index (χ2n) is 3.43. The molecule has 1 aromatic heterocycles. The second kappa shape index (κ2) is 4.28. The fourth-order valence-corrected chi connectivity index (χ4v) is 1.48. The van der Waals surface area contributed by atoms with E-state index in [4.69, 9.17) is 9.52 Å². The van der Waals surface area contributed by atoms with Crippen molar-refractivity contribution in [1.82, 2.24) is 4.98 Å². The first-order valence-electron chi connectivity index (χ1n) is 4.89. The van der Waals surface area contributed by atoms with Gasteiger partial charge in [0.25, 0.3) is 0 Å². The van der Waals surface area contributed by atoms with Crippen LogP contribution in [0.2, 0.25) is 0 Å². The number of nitrogens with zero attached hydrogens (tertiary/aromatic N) is 1. The zero-order chi connectivity index (χ0) is 10.7. The summed E-state index contributed by atoms with van der Waals surface area (Å²) >= 11 is 0. The first kappa shape index (κ1) is 9.93. The first-order valence-corrected chi connectivity index (χ1v) is 4.89. The van der Waals surface area contributed by atoms with Crippen molar-refractivity contribution in [3.05, 3.63) is 53.2 Å². The molecule has 1 N–H and O–H groups in total. The van der Waals surface area contributed by atoms with E-state index in [0.717, 1.165) is 5.56 Å². The standard InChI is InChI=1S/C12H13NO2/c1-9-11(8-14)13-12(15-9)7-10-5-3-2-4-6-10/h2-6,14H,7-8H2,1H3. The van der Waals surface area contributed by atoms with Crippen molar-refractivity contribution in [2.24, 2.45) is 0 Å². The Morgan fingerprint density at radius 3 is 2.60 bits per heavy atom. The molecule has 1 heterocycles. The van der Waals surface area contributed by atoms with E-state index in [-0.39, 0.29) is 6.61 Å². The van der Waals surface area contributed by atoms with Crippen LogP contribution in [0.1, 0.15) is 22.9 Å². The fraction of sp³-hybridized carbons (Fsp3) is 0.250. The zero-order valence-corrected chi connectivity index (χ0v) is 8.60. The van der Waals surface area contributed by atoms with Gasteiger partial charge in [-0.3, -0.25) is 0 Å². The molecule has 2 aromatic rings. The Morgan fingerprint density at radius 1 is 1.27 bits per heavy atom. The summed E-state index contributed by atoms with van der Waals surface area (Å²) in [5, 5.41) is 8.98. The van der Waals surface area contributed by atoms with Gasteiger partial charge in [0, 0.05) is 6.42 Å². The highest BCUT2D eigenvalue weighted by atomic mass is 16.4. The number of benzene rings is 1. The number of aryl methyl sites for hydroxylation is 1. The van der Waals surface area contributed by atoms with E-state index in [1.165, 1.54) is 0 Å². The highest BCUT2D eigenvalue weighted by molar-refractivity contribution is 5.19. The van der Waals surface area contributed by atoms with Crippen LogP contribution in [-0.4, -0.2) is 10.1 Å². The van der Waals surface area contributed by atoms with Gasteiger partial charge in [-0.1, -0.05) is 30.3 Å². The topological polar surface area (TPSA) is 46.3 Å². The van der Waals surface area contributed by atoms with E-state index in [9.17, 15) is 0 Å². The summed E-state index contributed by atoms with van der Waals surface area (Å²) in [5.74, 6) is 1.35. The lowest BCUT2D eigenvalue weighted by atomic mass is 10.1. The molecule has 0 saturated carbocycles. The predicted molar refractivity (Wildman–Crippen MR) is 56.4 cm³/mol. The Bertz CT molecular complexity index is 434. The van der Waals surface area contributed by atoms with Gasteiger partial charge in [0.15, 0.2) is 5.89 Å². The molecule has 3 nitrogen and oxygen atoms in total. The van der Waals surface area contributed by atoms with Crippen LogP contribution in [0, 0.1) is 6.92 Å². The van der Waals surface area contributed by atoms with Crippen molar-refractivity contribution in [2.45, 2.75) is 20.0 Å². The summed E-state index contributed by atoms with van der Waals surface area (Å²) in [6.07, 6.45) is 0.668. The average molecular weight is 203 g/mol. The lowest BCUT2D eigenvalue weighted by Crippen LogP contribution is -1.89. The van der Waals surface area contributed by atoms with Crippen molar-refractivity contribution >= 4 is 0 Å². The van der Waals surface area contributed by atoms with Gasteiger partial charge in [0.05, 0.1) is 6.61 Å². The normalized spacial score (nSPS) is 10.5. The van der Waals surface area contributed by atoms with Gasteiger partial charge >= 0.3 is 0 Å². The Hall–Kier alpha value is -1.61. The third-order valence-corrected chi connectivity index (χ3v) is 2.28. The minimum absolute atomic E-state index is 0.0654. The third-order valence-electron chi connectivity index (χ3n) is 2.28. The maximum Gasteiger partial charge on any atom is 0.199 e. The van der Waals surface area contributed by atoms with Crippen LogP contribution >= 0.6 is 0 Å². The zero-order valence-electron chi connectivity index (χ0n) is 8.60. The van der Waals surface area contributed by atoms with Crippen LogP contribution in [0.5, 0.6) is 0 Å². The molecule has 2 rings (SSSR count). The molecule has 0 aliphatic heterocycles. The molecule has 0 bridgehead atoms. The van der Waals surface area contributed by atoms with Gasteiger partial charge in [-0.05, 0) is 12.5 Å². The average Bonchev–Trinajstić information content (AvgIpc) is 2.60. The minimum atomic E-state index is -0.0654. The van der Waals surface area contributed by atoms with Crippen LogP contribution in [0.4, 0.5) is 0 Å². The molecule has 1 aromatic carbocycles. The van der Waals surface area contributed by atoms with Crippen molar-refractivity contribution in [3.63, 3.8) is 0 Å². The second-order valence-corrected chi connectivity index (χ2v) is 3.43. The quantitative estimate of drug-likeness (QED) is 0.830. The van der Waals surface area contributed by atoms with Crippen molar-refractivity contribution in [1.29, 1.82) is 0 Å². The number of aliphatic hydroxyl groups excluding tert-OH is 1. The van der Waals surface area contributed by atoms with Crippen molar-refractivity contribution < 1.29 is 9.52 Å². The fourth-order valence-electron chi connectivity index (χ4n) is 1.48. The van der Waals surface area contributed by atoms with Crippen molar-refractivity contribution in [3.8, 4) is 0 Å². The van der Waals surface area contributed by atoms with E-state index in [1.54, 1.807) is 0 Å². The maximum absolute atomic E-state index is 8.98. The summed E-state index contributed by atoms with van der Waals surface area (Å²) in [7, 11) is 0. The molecule has 3 heteroatoms. The smallest absolute Gasteiger partial charge is 0.199 e. The number of rotatable bonds is 3. The van der Waals surface area contributed by atoms with E-state index < -0.39 is 0 Å². The maximum atomic E-state index is 8.98. The summed E-state index contributed by atoms with van der Waals surface area (Å²) in [4.78, 5) is 4.21. The molecule has 0 saturated heterocycles. The summed E-state index contributed by atoms with van der Waals surface area (Å²) in [6, 6.07) is 10.00. The van der Waals surface area contributed by atoms with Crippen LogP contribution in [-0.2, 0) is 13.0 Å². The molecule has 0 unspecified atom stereocenters. The third kappa shape index (κ3) is 2.25. The number of aromatic nitrogens is 1. The van der Waals surface area contributed by atoms with Crippen LogP contribution in [0.15, 0.2) is 34.7 Å². The monoisotopic (exact) mass is 203 g/mol. The number of oxazole rings is 1. The van der Waals surface area contributed by atoms with E-state index >= 15 is 0 Å². The molecular weight excluding hydrogens is 190 g/mol. The Labute approximate surface area is 88.4 Å². The lowest BCUT2D eigenvalue weighted by molar-refractivity contribution is 0.275. The molecule has 15 heavy (non-hydrogen) atoms. The first-order chi connectivity index (χ1) is 7.29.